The fraction of sp³-hybridized carbons (Fsp3) is 0.0909. The van der Waals surface area contributed by atoms with Crippen molar-refractivity contribution in [2.45, 2.75) is 10.1 Å². The minimum atomic E-state index is 0.112. The van der Waals surface area contributed by atoms with Gasteiger partial charge in [0.15, 0.2) is 0 Å². The Morgan fingerprint density at radius 2 is 2.38 bits per heavy atom. The van der Waals surface area contributed by atoms with E-state index in [4.69, 9.17) is 11.1 Å². The van der Waals surface area contributed by atoms with Gasteiger partial charge in [-0.2, -0.15) is 0 Å². The predicted octanol–water partition coefficient (Wildman–Crippen LogP) is 2.72. The molecule has 0 fully saturated rings. The molecule has 0 spiro atoms. The maximum atomic E-state index is 7.36. The second-order valence-electron chi connectivity index (χ2n) is 3.20. The molecule has 2 rings (SSSR count). The van der Waals surface area contributed by atoms with E-state index in [1.807, 2.05) is 29.6 Å². The first-order chi connectivity index (χ1) is 7.75. The van der Waals surface area contributed by atoms with Gasteiger partial charge in [0.25, 0.3) is 0 Å². The first-order valence-electron chi connectivity index (χ1n) is 4.71. The molecule has 5 heteroatoms. The summed E-state index contributed by atoms with van der Waals surface area (Å²) in [6.45, 7) is 0. The summed E-state index contributed by atoms with van der Waals surface area (Å²) in [6, 6.07) is 7.75. The number of nitrogens with zero attached hydrogens (tertiary/aromatic N) is 1. The molecule has 2 aromatic rings. The molecule has 0 amide bonds. The Hall–Kier alpha value is -1.33. The molecule has 0 saturated carbocycles. The maximum absolute atomic E-state index is 7.36. The number of benzene rings is 1. The van der Waals surface area contributed by atoms with E-state index in [-0.39, 0.29) is 5.84 Å². The van der Waals surface area contributed by atoms with E-state index in [0.717, 1.165) is 21.2 Å². The summed E-state index contributed by atoms with van der Waals surface area (Å²) < 4.78 is 1.06. The zero-order chi connectivity index (χ0) is 11.4. The Balaban J connectivity index is 2.04. The number of aromatic nitrogens is 1. The van der Waals surface area contributed by atoms with Crippen molar-refractivity contribution in [3.8, 4) is 0 Å². The number of nitrogens with one attached hydrogen (secondary N) is 1. The van der Waals surface area contributed by atoms with Gasteiger partial charge in [0, 0.05) is 22.9 Å². The molecular formula is C11H11N3S2. The lowest BCUT2D eigenvalue weighted by molar-refractivity contribution is 1.24. The van der Waals surface area contributed by atoms with Crippen LogP contribution in [0.1, 0.15) is 11.1 Å². The lowest BCUT2D eigenvalue weighted by Gasteiger charge is -2.02. The topological polar surface area (TPSA) is 62.8 Å². The van der Waals surface area contributed by atoms with Crippen molar-refractivity contribution >= 4 is 28.9 Å². The van der Waals surface area contributed by atoms with E-state index >= 15 is 0 Å². The van der Waals surface area contributed by atoms with Crippen LogP contribution < -0.4 is 5.73 Å². The van der Waals surface area contributed by atoms with Crippen LogP contribution in [0.4, 0.5) is 0 Å². The van der Waals surface area contributed by atoms with Gasteiger partial charge in [-0.25, -0.2) is 4.98 Å². The average molecular weight is 249 g/mol. The van der Waals surface area contributed by atoms with Crippen molar-refractivity contribution < 1.29 is 0 Å². The number of thioether (sulfide) groups is 1. The van der Waals surface area contributed by atoms with Crippen molar-refractivity contribution in [3.63, 3.8) is 0 Å². The summed E-state index contributed by atoms with van der Waals surface area (Å²) >= 11 is 3.33. The van der Waals surface area contributed by atoms with Gasteiger partial charge >= 0.3 is 0 Å². The van der Waals surface area contributed by atoms with Crippen LogP contribution in [0.25, 0.3) is 0 Å². The third-order valence-corrected chi connectivity index (χ3v) is 4.05. The SMILES string of the molecule is N=C(N)c1cccc(CSc2nccs2)c1. The van der Waals surface area contributed by atoms with Crippen LogP contribution in [0.3, 0.4) is 0 Å². The molecule has 0 aliphatic rings. The Morgan fingerprint density at radius 1 is 1.50 bits per heavy atom. The van der Waals surface area contributed by atoms with Crippen molar-refractivity contribution in [1.29, 1.82) is 5.41 Å². The number of hydrogen-bond acceptors (Lipinski definition) is 4. The maximum Gasteiger partial charge on any atom is 0.150 e. The van der Waals surface area contributed by atoms with Gasteiger partial charge in [0.2, 0.25) is 0 Å². The summed E-state index contributed by atoms with van der Waals surface area (Å²) in [7, 11) is 0. The minimum absolute atomic E-state index is 0.112. The van der Waals surface area contributed by atoms with E-state index in [1.165, 1.54) is 0 Å². The van der Waals surface area contributed by atoms with Gasteiger partial charge in [-0.05, 0) is 11.6 Å². The van der Waals surface area contributed by atoms with Crippen LogP contribution in [0.5, 0.6) is 0 Å². The molecule has 0 radical (unpaired) electrons. The van der Waals surface area contributed by atoms with Gasteiger partial charge in [0.05, 0.1) is 0 Å². The first-order valence-corrected chi connectivity index (χ1v) is 6.58. The van der Waals surface area contributed by atoms with Gasteiger partial charge in [-0.1, -0.05) is 30.0 Å². The van der Waals surface area contributed by atoms with Crippen molar-refractivity contribution in [2.75, 3.05) is 0 Å². The zero-order valence-corrected chi connectivity index (χ0v) is 10.1. The minimum Gasteiger partial charge on any atom is -0.384 e. The molecule has 0 bridgehead atoms. The number of amidine groups is 1. The van der Waals surface area contributed by atoms with E-state index in [0.29, 0.717) is 0 Å². The lowest BCUT2D eigenvalue weighted by Crippen LogP contribution is -2.10. The number of nitrogen functional groups attached to an aromatic ring is 1. The third kappa shape index (κ3) is 2.84. The molecule has 0 unspecified atom stereocenters. The molecule has 1 aromatic heterocycles. The smallest absolute Gasteiger partial charge is 0.150 e. The lowest BCUT2D eigenvalue weighted by atomic mass is 10.1. The molecule has 1 aromatic carbocycles. The third-order valence-electron chi connectivity index (χ3n) is 2.01. The fourth-order valence-electron chi connectivity index (χ4n) is 1.26. The summed E-state index contributed by atoms with van der Waals surface area (Å²) in [6.07, 6.45) is 1.80. The molecule has 3 N–H and O–H groups in total. The molecule has 0 aliphatic carbocycles. The zero-order valence-electron chi connectivity index (χ0n) is 8.51. The molecule has 1 heterocycles. The molecule has 3 nitrogen and oxygen atoms in total. The van der Waals surface area contributed by atoms with Crippen LogP contribution in [-0.4, -0.2) is 10.8 Å². The molecule has 0 saturated heterocycles. The number of nitrogens with two attached hydrogens (primary N) is 1. The van der Waals surface area contributed by atoms with Gasteiger partial charge in [-0.15, -0.1) is 11.3 Å². The van der Waals surface area contributed by atoms with Crippen molar-refractivity contribution in [3.05, 3.63) is 47.0 Å². The number of rotatable bonds is 4. The van der Waals surface area contributed by atoms with E-state index in [1.54, 1.807) is 29.3 Å². The second kappa shape index (κ2) is 5.14. The highest BCUT2D eigenvalue weighted by Crippen LogP contribution is 2.24. The average Bonchev–Trinajstić information content (AvgIpc) is 2.79. The quantitative estimate of drug-likeness (QED) is 0.497. The van der Waals surface area contributed by atoms with E-state index < -0.39 is 0 Å². The van der Waals surface area contributed by atoms with Gasteiger partial charge in [-0.3, -0.25) is 5.41 Å². The van der Waals surface area contributed by atoms with Crippen molar-refractivity contribution in [2.24, 2.45) is 5.73 Å². The standard InChI is InChI=1S/C11H11N3S2/c12-10(13)9-3-1-2-8(6-9)7-16-11-14-4-5-15-11/h1-6H,7H2,(H3,12,13). The highest BCUT2D eigenvalue weighted by molar-refractivity contribution is 8.00. The number of thiazole rings is 1. The molecule has 0 atom stereocenters. The Bertz CT molecular complexity index is 480. The van der Waals surface area contributed by atoms with Crippen LogP contribution in [0.15, 0.2) is 40.2 Å². The first kappa shape index (κ1) is 11.2. The fourth-order valence-corrected chi connectivity index (χ4v) is 2.84. The molecule has 16 heavy (non-hydrogen) atoms. The van der Waals surface area contributed by atoms with Crippen LogP contribution in [-0.2, 0) is 5.75 Å². The second-order valence-corrected chi connectivity index (χ2v) is 5.32. The largest absolute Gasteiger partial charge is 0.384 e. The summed E-state index contributed by atoms with van der Waals surface area (Å²) in [5, 5.41) is 9.33. The summed E-state index contributed by atoms with van der Waals surface area (Å²) in [5.41, 5.74) is 7.37. The van der Waals surface area contributed by atoms with Gasteiger partial charge < -0.3 is 5.73 Å². The normalized spacial score (nSPS) is 10.2. The highest BCUT2D eigenvalue weighted by atomic mass is 32.2. The Kier molecular flexibility index (Phi) is 3.58. The Labute approximate surface area is 102 Å². The van der Waals surface area contributed by atoms with Crippen LogP contribution >= 0.6 is 23.1 Å². The summed E-state index contributed by atoms with van der Waals surface area (Å²) in [5.74, 6) is 0.968. The summed E-state index contributed by atoms with van der Waals surface area (Å²) in [4.78, 5) is 4.20. The van der Waals surface area contributed by atoms with Crippen molar-refractivity contribution in [1.82, 2.24) is 4.98 Å². The van der Waals surface area contributed by atoms with Crippen LogP contribution in [0.2, 0.25) is 0 Å². The highest BCUT2D eigenvalue weighted by Gasteiger charge is 2.01. The van der Waals surface area contributed by atoms with Crippen LogP contribution in [0, 0.1) is 5.41 Å². The molecule has 0 aliphatic heterocycles. The van der Waals surface area contributed by atoms with E-state index in [9.17, 15) is 0 Å². The monoisotopic (exact) mass is 249 g/mol. The van der Waals surface area contributed by atoms with E-state index in [2.05, 4.69) is 4.98 Å². The molecular weight excluding hydrogens is 238 g/mol. The Morgan fingerprint density at radius 3 is 3.06 bits per heavy atom. The number of hydrogen-bond donors (Lipinski definition) is 2. The molecule has 82 valence electrons. The van der Waals surface area contributed by atoms with Gasteiger partial charge in [0.1, 0.15) is 10.2 Å². The predicted molar refractivity (Wildman–Crippen MR) is 69.1 cm³/mol.